The lowest BCUT2D eigenvalue weighted by atomic mass is 10.2. The Labute approximate surface area is 161 Å². The number of thiazole rings is 1. The molecular weight excluding hydrogens is 364 g/mol. The molecule has 1 amide bonds. The number of para-hydroxylation sites is 1. The van der Waals surface area contributed by atoms with E-state index < -0.39 is 6.10 Å². The molecule has 6 heteroatoms. The zero-order valence-electron chi connectivity index (χ0n) is 14.6. The molecule has 0 saturated carbocycles. The number of ether oxygens (including phenoxy) is 1. The Kier molecular flexibility index (Phi) is 6.30. The lowest BCUT2D eigenvalue weighted by Crippen LogP contribution is -2.30. The summed E-state index contributed by atoms with van der Waals surface area (Å²) in [7, 11) is 0. The van der Waals surface area contributed by atoms with Gasteiger partial charge in [0.15, 0.2) is 10.4 Å². The molecule has 2 aromatic carbocycles. The summed E-state index contributed by atoms with van der Waals surface area (Å²) in [4.78, 5) is 17.3. The normalized spacial score (nSPS) is 11.8. The van der Waals surface area contributed by atoms with Gasteiger partial charge in [0.25, 0.3) is 5.91 Å². The van der Waals surface area contributed by atoms with E-state index in [9.17, 15) is 4.79 Å². The maximum Gasteiger partial charge on any atom is 0.265 e. The molecule has 4 nitrogen and oxygen atoms in total. The molecule has 3 aromatic rings. The van der Waals surface area contributed by atoms with Gasteiger partial charge in [-0.2, -0.15) is 0 Å². The summed E-state index contributed by atoms with van der Waals surface area (Å²) >= 11 is 3.16. The number of thioether (sulfide) groups is 1. The summed E-state index contributed by atoms with van der Waals surface area (Å²) in [6.45, 7) is 3.83. The van der Waals surface area contributed by atoms with Crippen molar-refractivity contribution in [2.75, 3.05) is 11.1 Å². The first-order chi connectivity index (χ1) is 12.7. The van der Waals surface area contributed by atoms with Gasteiger partial charge in [-0.25, -0.2) is 4.98 Å². The number of hydrogen-bond donors (Lipinski definition) is 1. The van der Waals surface area contributed by atoms with Crippen molar-refractivity contribution in [3.8, 4) is 17.0 Å². The van der Waals surface area contributed by atoms with Gasteiger partial charge in [0.1, 0.15) is 16.4 Å². The number of nitrogens with zero attached hydrogens (tertiary/aromatic N) is 1. The Morgan fingerprint density at radius 3 is 2.46 bits per heavy atom. The number of amides is 1. The highest BCUT2D eigenvalue weighted by Gasteiger charge is 2.20. The van der Waals surface area contributed by atoms with Crippen LogP contribution < -0.4 is 10.1 Å². The number of aromatic nitrogens is 1. The van der Waals surface area contributed by atoms with Crippen LogP contribution in [0.4, 0.5) is 5.00 Å². The van der Waals surface area contributed by atoms with E-state index in [4.69, 9.17) is 9.72 Å². The largest absolute Gasteiger partial charge is 0.481 e. The van der Waals surface area contributed by atoms with E-state index in [1.54, 1.807) is 18.7 Å². The summed E-state index contributed by atoms with van der Waals surface area (Å²) in [6, 6.07) is 19.2. The van der Waals surface area contributed by atoms with E-state index in [0.717, 1.165) is 26.4 Å². The van der Waals surface area contributed by atoms with Gasteiger partial charge < -0.3 is 10.1 Å². The molecule has 0 aliphatic carbocycles. The second-order valence-electron chi connectivity index (χ2n) is 5.52. The molecule has 0 radical (unpaired) electrons. The van der Waals surface area contributed by atoms with Crippen molar-refractivity contribution < 1.29 is 9.53 Å². The summed E-state index contributed by atoms with van der Waals surface area (Å²) < 4.78 is 6.66. The molecule has 1 N–H and O–H groups in total. The molecule has 1 heterocycles. The van der Waals surface area contributed by atoms with Crippen LogP contribution in [0, 0.1) is 0 Å². The average molecular weight is 385 g/mol. The van der Waals surface area contributed by atoms with Crippen LogP contribution in [0.3, 0.4) is 0 Å². The Morgan fingerprint density at radius 1 is 1.15 bits per heavy atom. The minimum atomic E-state index is -0.606. The topological polar surface area (TPSA) is 51.2 Å². The summed E-state index contributed by atoms with van der Waals surface area (Å²) in [5.74, 6) is 1.41. The molecule has 134 valence electrons. The van der Waals surface area contributed by atoms with Crippen molar-refractivity contribution in [3.63, 3.8) is 0 Å². The standard InChI is InChI=1S/C20H20N2O2S2/c1-3-25-20-21-17(15-10-6-4-7-11-15)19(26-20)22-18(23)14(2)24-16-12-8-5-9-13-16/h4-14H,3H2,1-2H3,(H,22,23)/t14-/m1/s1. The number of carbonyl (C=O) groups excluding carboxylic acids is 1. The first kappa shape index (κ1) is 18.5. The van der Waals surface area contributed by atoms with Gasteiger partial charge in [0.05, 0.1) is 0 Å². The van der Waals surface area contributed by atoms with Crippen molar-refractivity contribution in [1.29, 1.82) is 0 Å². The number of nitrogens with one attached hydrogen (secondary N) is 1. The molecule has 0 saturated heterocycles. The monoisotopic (exact) mass is 384 g/mol. The predicted octanol–water partition coefficient (Wildman–Crippen LogP) is 5.33. The van der Waals surface area contributed by atoms with Crippen LogP contribution in [-0.2, 0) is 4.79 Å². The summed E-state index contributed by atoms with van der Waals surface area (Å²) in [5, 5.41) is 3.74. The van der Waals surface area contributed by atoms with E-state index in [-0.39, 0.29) is 5.91 Å². The number of benzene rings is 2. The highest BCUT2D eigenvalue weighted by molar-refractivity contribution is 8.01. The Balaban J connectivity index is 1.78. The van der Waals surface area contributed by atoms with Crippen molar-refractivity contribution in [2.45, 2.75) is 24.3 Å². The van der Waals surface area contributed by atoms with Crippen LogP contribution in [0.15, 0.2) is 65.0 Å². The molecule has 0 aliphatic heterocycles. The van der Waals surface area contributed by atoms with Crippen LogP contribution in [0.1, 0.15) is 13.8 Å². The van der Waals surface area contributed by atoms with Crippen LogP contribution in [-0.4, -0.2) is 22.7 Å². The second kappa shape index (κ2) is 8.87. The van der Waals surface area contributed by atoms with Crippen molar-refractivity contribution in [1.82, 2.24) is 4.98 Å². The molecule has 1 atom stereocenters. The van der Waals surface area contributed by atoms with Gasteiger partial charge in [-0.3, -0.25) is 4.79 Å². The van der Waals surface area contributed by atoms with Gasteiger partial charge in [-0.05, 0) is 24.8 Å². The molecule has 0 fully saturated rings. The van der Waals surface area contributed by atoms with Gasteiger partial charge >= 0.3 is 0 Å². The molecule has 1 aromatic heterocycles. The van der Waals surface area contributed by atoms with E-state index in [1.807, 2.05) is 60.7 Å². The van der Waals surface area contributed by atoms with Crippen LogP contribution >= 0.6 is 23.1 Å². The Bertz CT molecular complexity index is 851. The highest BCUT2D eigenvalue weighted by Crippen LogP contribution is 2.37. The quantitative estimate of drug-likeness (QED) is 0.560. The van der Waals surface area contributed by atoms with E-state index in [1.165, 1.54) is 11.3 Å². The third-order valence-corrected chi connectivity index (χ3v) is 5.58. The van der Waals surface area contributed by atoms with E-state index in [2.05, 4.69) is 12.2 Å². The van der Waals surface area contributed by atoms with Gasteiger partial charge in [0.2, 0.25) is 0 Å². The van der Waals surface area contributed by atoms with E-state index in [0.29, 0.717) is 5.75 Å². The molecule has 0 aliphatic rings. The van der Waals surface area contributed by atoms with Crippen molar-refractivity contribution in [3.05, 3.63) is 60.7 Å². The second-order valence-corrected chi connectivity index (χ2v) is 8.03. The lowest BCUT2D eigenvalue weighted by Gasteiger charge is -2.14. The number of hydrogen-bond acceptors (Lipinski definition) is 5. The summed E-state index contributed by atoms with van der Waals surface area (Å²) in [6.07, 6.45) is -0.606. The predicted molar refractivity (Wildman–Crippen MR) is 109 cm³/mol. The third-order valence-electron chi connectivity index (χ3n) is 3.58. The molecule has 0 unspecified atom stereocenters. The maximum atomic E-state index is 12.6. The van der Waals surface area contributed by atoms with Crippen molar-refractivity contribution >= 4 is 34.0 Å². The SMILES string of the molecule is CCSc1nc(-c2ccccc2)c(NC(=O)[C@@H](C)Oc2ccccc2)s1. The molecular formula is C20H20N2O2S2. The average Bonchev–Trinajstić information content (AvgIpc) is 3.06. The number of anilines is 1. The molecule has 0 spiro atoms. The first-order valence-corrected chi connectivity index (χ1v) is 10.2. The fraction of sp³-hybridized carbons (Fsp3) is 0.200. The first-order valence-electron chi connectivity index (χ1n) is 8.39. The van der Waals surface area contributed by atoms with Crippen LogP contribution in [0.25, 0.3) is 11.3 Å². The number of rotatable bonds is 7. The third kappa shape index (κ3) is 4.65. The number of carbonyl (C=O) groups is 1. The van der Waals surface area contributed by atoms with Crippen LogP contribution in [0.5, 0.6) is 5.75 Å². The molecule has 3 rings (SSSR count). The lowest BCUT2D eigenvalue weighted by molar-refractivity contribution is -0.122. The minimum Gasteiger partial charge on any atom is -0.481 e. The Morgan fingerprint density at radius 2 is 1.81 bits per heavy atom. The fourth-order valence-electron chi connectivity index (χ4n) is 2.33. The van der Waals surface area contributed by atoms with Crippen molar-refractivity contribution in [2.24, 2.45) is 0 Å². The highest BCUT2D eigenvalue weighted by atomic mass is 32.2. The maximum absolute atomic E-state index is 12.6. The molecule has 26 heavy (non-hydrogen) atoms. The van der Waals surface area contributed by atoms with E-state index >= 15 is 0 Å². The molecule has 0 bridgehead atoms. The zero-order chi connectivity index (χ0) is 18.4. The smallest absolute Gasteiger partial charge is 0.265 e. The van der Waals surface area contributed by atoms with Gasteiger partial charge in [-0.1, -0.05) is 78.6 Å². The van der Waals surface area contributed by atoms with Gasteiger partial charge in [0, 0.05) is 5.56 Å². The zero-order valence-corrected chi connectivity index (χ0v) is 16.3. The summed E-state index contributed by atoms with van der Waals surface area (Å²) in [5.41, 5.74) is 1.78. The Hall–Kier alpha value is -2.31. The fourth-order valence-corrected chi connectivity index (χ4v) is 4.30. The van der Waals surface area contributed by atoms with Gasteiger partial charge in [-0.15, -0.1) is 0 Å². The van der Waals surface area contributed by atoms with Crippen LogP contribution in [0.2, 0.25) is 0 Å². The minimum absolute atomic E-state index is 0.192.